The zero-order valence-corrected chi connectivity index (χ0v) is 11.8. The molecule has 0 aliphatic heterocycles. The summed E-state index contributed by atoms with van der Waals surface area (Å²) in [7, 11) is 0. The van der Waals surface area contributed by atoms with E-state index in [2.05, 4.69) is 18.7 Å². The second-order valence-electron chi connectivity index (χ2n) is 4.97. The van der Waals surface area contributed by atoms with Crippen molar-refractivity contribution in [1.29, 1.82) is 0 Å². The first kappa shape index (κ1) is 15.1. The molecule has 0 bridgehead atoms. The van der Waals surface area contributed by atoms with Crippen molar-refractivity contribution in [2.24, 2.45) is 11.7 Å². The van der Waals surface area contributed by atoms with E-state index in [0.29, 0.717) is 10.9 Å². The lowest BCUT2D eigenvalue weighted by Gasteiger charge is -2.24. The largest absolute Gasteiger partial charge is 0.393 e. The number of benzene rings is 1. The third-order valence-corrected chi connectivity index (χ3v) is 2.82. The van der Waals surface area contributed by atoms with Gasteiger partial charge in [0.15, 0.2) is 0 Å². The minimum atomic E-state index is -0.197. The molecule has 0 unspecified atom stereocenters. The van der Waals surface area contributed by atoms with Crippen molar-refractivity contribution >= 4 is 17.2 Å². The minimum absolute atomic E-state index is 0.197. The quantitative estimate of drug-likeness (QED) is 0.771. The van der Waals surface area contributed by atoms with Gasteiger partial charge in [0.1, 0.15) is 5.82 Å². The summed E-state index contributed by atoms with van der Waals surface area (Å²) in [6, 6.07) is 6.64. The smallest absolute Gasteiger partial charge is 0.123 e. The van der Waals surface area contributed by atoms with E-state index in [1.54, 1.807) is 0 Å². The van der Waals surface area contributed by atoms with Crippen LogP contribution in [0.15, 0.2) is 24.3 Å². The van der Waals surface area contributed by atoms with Crippen molar-refractivity contribution in [3.05, 3.63) is 35.6 Å². The number of hydrogen-bond donors (Lipinski definition) is 1. The lowest BCUT2D eigenvalue weighted by atomic mass is 10.1. The lowest BCUT2D eigenvalue weighted by Crippen LogP contribution is -2.30. The van der Waals surface area contributed by atoms with Gasteiger partial charge < -0.3 is 5.73 Å². The van der Waals surface area contributed by atoms with E-state index in [1.165, 1.54) is 12.1 Å². The normalized spacial score (nSPS) is 11.2. The van der Waals surface area contributed by atoms with Gasteiger partial charge in [-0.05, 0) is 23.6 Å². The molecule has 2 N–H and O–H groups in total. The number of halogens is 1. The zero-order valence-electron chi connectivity index (χ0n) is 11.0. The summed E-state index contributed by atoms with van der Waals surface area (Å²) in [4.78, 5) is 2.85. The average molecular weight is 268 g/mol. The molecule has 4 heteroatoms. The van der Waals surface area contributed by atoms with Crippen molar-refractivity contribution < 1.29 is 4.39 Å². The maximum Gasteiger partial charge on any atom is 0.123 e. The highest BCUT2D eigenvalue weighted by molar-refractivity contribution is 7.80. The highest BCUT2D eigenvalue weighted by Crippen LogP contribution is 2.09. The van der Waals surface area contributed by atoms with E-state index >= 15 is 0 Å². The van der Waals surface area contributed by atoms with E-state index in [-0.39, 0.29) is 5.82 Å². The van der Waals surface area contributed by atoms with Crippen LogP contribution in [0.3, 0.4) is 0 Å². The molecule has 2 nitrogen and oxygen atoms in total. The Bertz CT molecular complexity index is 376. The molecule has 0 aliphatic carbocycles. The molecule has 1 aromatic rings. The number of rotatable bonds is 7. The Morgan fingerprint density at radius 2 is 1.94 bits per heavy atom. The van der Waals surface area contributed by atoms with Crippen LogP contribution in [0.4, 0.5) is 4.39 Å². The first-order valence-electron chi connectivity index (χ1n) is 6.22. The Morgan fingerprint density at radius 1 is 1.33 bits per heavy atom. The summed E-state index contributed by atoms with van der Waals surface area (Å²) in [5, 5.41) is 0. The van der Waals surface area contributed by atoms with Gasteiger partial charge in [0.25, 0.3) is 0 Å². The summed E-state index contributed by atoms with van der Waals surface area (Å²) in [6.07, 6.45) is 0.725. The van der Waals surface area contributed by atoms with Crippen LogP contribution in [0.25, 0.3) is 0 Å². The summed E-state index contributed by atoms with van der Waals surface area (Å²) in [5.41, 5.74) is 6.65. The second-order valence-corrected chi connectivity index (χ2v) is 5.50. The molecule has 0 fully saturated rings. The molecule has 0 radical (unpaired) electrons. The Kier molecular flexibility index (Phi) is 6.22. The fourth-order valence-electron chi connectivity index (χ4n) is 1.87. The van der Waals surface area contributed by atoms with E-state index in [4.69, 9.17) is 18.0 Å². The maximum absolute atomic E-state index is 12.8. The molecule has 0 amide bonds. The van der Waals surface area contributed by atoms with E-state index < -0.39 is 0 Å². The van der Waals surface area contributed by atoms with Crippen molar-refractivity contribution in [3.8, 4) is 0 Å². The predicted molar refractivity (Wildman–Crippen MR) is 77.9 cm³/mol. The fourth-order valence-corrected chi connectivity index (χ4v) is 1.96. The Labute approximate surface area is 114 Å². The third kappa shape index (κ3) is 6.07. The van der Waals surface area contributed by atoms with E-state index in [9.17, 15) is 4.39 Å². The van der Waals surface area contributed by atoms with Gasteiger partial charge in [-0.15, -0.1) is 0 Å². The zero-order chi connectivity index (χ0) is 13.5. The van der Waals surface area contributed by atoms with Crippen LogP contribution in [-0.2, 0) is 6.54 Å². The van der Waals surface area contributed by atoms with Gasteiger partial charge in [0.2, 0.25) is 0 Å². The molecule has 1 aromatic carbocycles. The number of hydrogen-bond acceptors (Lipinski definition) is 2. The van der Waals surface area contributed by atoms with Crippen LogP contribution in [0.5, 0.6) is 0 Å². The number of nitrogens with zero attached hydrogens (tertiary/aromatic N) is 1. The molecule has 0 spiro atoms. The van der Waals surface area contributed by atoms with Gasteiger partial charge in [0, 0.05) is 26.1 Å². The van der Waals surface area contributed by atoms with Crippen LogP contribution in [-0.4, -0.2) is 23.0 Å². The van der Waals surface area contributed by atoms with Crippen LogP contribution in [0, 0.1) is 11.7 Å². The first-order chi connectivity index (χ1) is 8.47. The second kappa shape index (κ2) is 7.44. The van der Waals surface area contributed by atoms with Crippen LogP contribution >= 0.6 is 12.2 Å². The van der Waals surface area contributed by atoms with Crippen LogP contribution in [0.1, 0.15) is 25.8 Å². The molecule has 0 aliphatic rings. The van der Waals surface area contributed by atoms with Gasteiger partial charge in [-0.3, -0.25) is 4.90 Å². The molecule has 18 heavy (non-hydrogen) atoms. The van der Waals surface area contributed by atoms with Crippen molar-refractivity contribution in [1.82, 2.24) is 4.90 Å². The first-order valence-corrected chi connectivity index (χ1v) is 6.63. The molecular formula is C14H21FN2S. The highest BCUT2D eigenvalue weighted by Gasteiger charge is 2.08. The molecular weight excluding hydrogens is 247 g/mol. The fraction of sp³-hybridized carbons (Fsp3) is 0.500. The minimum Gasteiger partial charge on any atom is -0.393 e. The van der Waals surface area contributed by atoms with Gasteiger partial charge in [-0.1, -0.05) is 38.2 Å². The van der Waals surface area contributed by atoms with Gasteiger partial charge >= 0.3 is 0 Å². The Morgan fingerprint density at radius 3 is 2.44 bits per heavy atom. The summed E-state index contributed by atoms with van der Waals surface area (Å²) >= 11 is 4.91. The number of thiocarbonyl (C=S) groups is 1. The van der Waals surface area contributed by atoms with E-state index in [0.717, 1.165) is 31.6 Å². The summed E-state index contributed by atoms with van der Waals surface area (Å²) in [6.45, 7) is 7.00. The SMILES string of the molecule is CC(C)CN(CCC(N)=S)Cc1ccc(F)cc1. The van der Waals surface area contributed by atoms with Crippen molar-refractivity contribution in [3.63, 3.8) is 0 Å². The molecule has 1 rings (SSSR count). The Balaban J connectivity index is 2.59. The molecule has 0 aromatic heterocycles. The lowest BCUT2D eigenvalue weighted by molar-refractivity contribution is 0.242. The number of nitrogens with two attached hydrogens (primary N) is 1. The topological polar surface area (TPSA) is 29.3 Å². The van der Waals surface area contributed by atoms with Crippen LogP contribution < -0.4 is 5.73 Å². The highest BCUT2D eigenvalue weighted by atomic mass is 32.1. The molecule has 0 saturated carbocycles. The molecule has 0 heterocycles. The summed E-state index contributed by atoms with van der Waals surface area (Å²) < 4.78 is 12.8. The maximum atomic E-state index is 12.8. The monoisotopic (exact) mass is 268 g/mol. The molecule has 0 atom stereocenters. The van der Waals surface area contributed by atoms with Gasteiger partial charge in [-0.2, -0.15) is 0 Å². The van der Waals surface area contributed by atoms with Gasteiger partial charge in [-0.25, -0.2) is 4.39 Å². The standard InChI is InChI=1S/C14H21FN2S/c1-11(2)9-17(8-7-14(16)18)10-12-3-5-13(15)6-4-12/h3-6,11H,7-10H2,1-2H3,(H2,16,18). The van der Waals surface area contributed by atoms with E-state index in [1.807, 2.05) is 12.1 Å². The molecule has 0 saturated heterocycles. The average Bonchev–Trinajstić information content (AvgIpc) is 2.28. The third-order valence-electron chi connectivity index (χ3n) is 2.62. The van der Waals surface area contributed by atoms with Crippen LogP contribution in [0.2, 0.25) is 0 Å². The Hall–Kier alpha value is -1.00. The molecule has 100 valence electrons. The predicted octanol–water partition coefficient (Wildman–Crippen LogP) is 2.96. The van der Waals surface area contributed by atoms with Crippen molar-refractivity contribution in [2.45, 2.75) is 26.8 Å². The van der Waals surface area contributed by atoms with Gasteiger partial charge in [0.05, 0.1) is 4.99 Å². The summed E-state index contributed by atoms with van der Waals surface area (Å²) in [5.74, 6) is 0.383. The van der Waals surface area contributed by atoms with Crippen molar-refractivity contribution in [2.75, 3.05) is 13.1 Å².